The second-order valence-electron chi connectivity index (χ2n) is 6.35. The van der Waals surface area contributed by atoms with Crippen LogP contribution in [-0.4, -0.2) is 26.5 Å². The van der Waals surface area contributed by atoms with Gasteiger partial charge in [-0.25, -0.2) is 4.84 Å². The van der Waals surface area contributed by atoms with Gasteiger partial charge in [-0.1, -0.05) is 41.4 Å². The van der Waals surface area contributed by atoms with Crippen LogP contribution in [0, 0.1) is 10.1 Å². The van der Waals surface area contributed by atoms with E-state index in [4.69, 9.17) is 27.9 Å². The van der Waals surface area contributed by atoms with E-state index < -0.39 is 5.09 Å². The van der Waals surface area contributed by atoms with Crippen molar-refractivity contribution in [2.45, 2.75) is 25.3 Å². The van der Waals surface area contributed by atoms with Crippen LogP contribution in [-0.2, 0) is 6.54 Å². The number of ether oxygens (including phenoxy) is 1. The predicted octanol–water partition coefficient (Wildman–Crippen LogP) is 5.56. The van der Waals surface area contributed by atoms with Crippen molar-refractivity contribution in [1.82, 2.24) is 14.8 Å². The Bertz CT molecular complexity index is 1020. The van der Waals surface area contributed by atoms with Crippen LogP contribution < -0.4 is 9.57 Å². The highest BCUT2D eigenvalue weighted by molar-refractivity contribution is 9.10. The standard InChI is InChI=1S/C19H17BrCl2N4O4/c20-16-5-1-2-6-18(16)29-9-3-4-13(15-8-7-14(21)10-17(15)22)11-25-12-23-19(24-25)30-26(27)28/h1-2,5-8,10,12-13H,3-4,9,11H2. The van der Waals surface area contributed by atoms with Crippen molar-refractivity contribution in [2.24, 2.45) is 0 Å². The minimum absolute atomic E-state index is 0.0391. The van der Waals surface area contributed by atoms with E-state index in [1.54, 1.807) is 12.1 Å². The molecular weight excluding hydrogens is 499 g/mol. The molecule has 1 unspecified atom stereocenters. The van der Waals surface area contributed by atoms with Gasteiger partial charge in [-0.05, 0) is 58.6 Å². The molecule has 158 valence electrons. The Balaban J connectivity index is 1.68. The SMILES string of the molecule is O=[N+]([O-])Oc1ncn(CC(CCCOc2ccccc2Br)c2ccc(Cl)cc2Cl)n1. The largest absolute Gasteiger partial charge is 0.492 e. The van der Waals surface area contributed by atoms with Crippen molar-refractivity contribution in [3.63, 3.8) is 0 Å². The molecule has 0 amide bonds. The smallest absolute Gasteiger partial charge is 0.327 e. The Labute approximate surface area is 191 Å². The zero-order chi connectivity index (χ0) is 21.5. The maximum atomic E-state index is 10.5. The number of halogens is 3. The molecule has 1 heterocycles. The highest BCUT2D eigenvalue weighted by Crippen LogP contribution is 2.32. The lowest BCUT2D eigenvalue weighted by Crippen LogP contribution is -2.13. The summed E-state index contributed by atoms with van der Waals surface area (Å²) in [5.74, 6) is 0.735. The summed E-state index contributed by atoms with van der Waals surface area (Å²) in [7, 11) is 0. The van der Waals surface area contributed by atoms with Crippen molar-refractivity contribution in [3.8, 4) is 11.8 Å². The summed E-state index contributed by atoms with van der Waals surface area (Å²) >= 11 is 15.9. The Morgan fingerprint density at radius 1 is 1.23 bits per heavy atom. The Morgan fingerprint density at radius 2 is 2.03 bits per heavy atom. The number of hydrogen-bond acceptors (Lipinski definition) is 6. The lowest BCUT2D eigenvalue weighted by Gasteiger charge is -2.19. The first-order valence-electron chi connectivity index (χ1n) is 8.96. The molecule has 0 aliphatic rings. The van der Waals surface area contributed by atoms with Gasteiger partial charge in [0.1, 0.15) is 12.1 Å². The number of benzene rings is 2. The second kappa shape index (κ2) is 10.6. The maximum absolute atomic E-state index is 10.5. The fourth-order valence-corrected chi connectivity index (χ4v) is 3.91. The maximum Gasteiger partial charge on any atom is 0.327 e. The fraction of sp³-hybridized carbons (Fsp3) is 0.263. The molecule has 0 aliphatic heterocycles. The van der Waals surface area contributed by atoms with Crippen LogP contribution in [0.15, 0.2) is 53.3 Å². The number of rotatable bonds is 10. The van der Waals surface area contributed by atoms with Crippen molar-refractivity contribution in [3.05, 3.63) is 79.0 Å². The lowest BCUT2D eigenvalue weighted by atomic mass is 9.94. The van der Waals surface area contributed by atoms with Crippen molar-refractivity contribution < 1.29 is 14.7 Å². The van der Waals surface area contributed by atoms with E-state index >= 15 is 0 Å². The quantitative estimate of drug-likeness (QED) is 0.199. The molecule has 1 aromatic heterocycles. The normalized spacial score (nSPS) is 11.8. The highest BCUT2D eigenvalue weighted by atomic mass is 79.9. The molecule has 0 N–H and O–H groups in total. The molecule has 8 nitrogen and oxygen atoms in total. The van der Waals surface area contributed by atoms with Gasteiger partial charge in [0.15, 0.2) is 0 Å². The first kappa shape index (κ1) is 22.3. The van der Waals surface area contributed by atoms with Crippen LogP contribution in [0.25, 0.3) is 0 Å². The summed E-state index contributed by atoms with van der Waals surface area (Å²) in [5, 5.41) is 14.6. The van der Waals surface area contributed by atoms with Crippen molar-refractivity contribution >= 4 is 39.1 Å². The molecule has 0 aliphatic carbocycles. The van der Waals surface area contributed by atoms with Gasteiger partial charge in [0.25, 0.3) is 0 Å². The number of nitrogens with zero attached hydrogens (tertiary/aromatic N) is 4. The third kappa shape index (κ3) is 6.32. The van der Waals surface area contributed by atoms with Gasteiger partial charge < -0.3 is 4.74 Å². The molecule has 1 atom stereocenters. The molecule has 0 saturated carbocycles. The zero-order valence-electron chi connectivity index (χ0n) is 15.6. The molecule has 11 heteroatoms. The molecule has 0 saturated heterocycles. The third-order valence-electron chi connectivity index (χ3n) is 4.27. The monoisotopic (exact) mass is 514 g/mol. The average molecular weight is 516 g/mol. The summed E-state index contributed by atoms with van der Waals surface area (Å²) in [6.07, 6.45) is 2.86. The highest BCUT2D eigenvalue weighted by Gasteiger charge is 2.18. The van der Waals surface area contributed by atoms with Gasteiger partial charge in [0.05, 0.1) is 11.1 Å². The molecule has 30 heavy (non-hydrogen) atoms. The summed E-state index contributed by atoms with van der Waals surface area (Å²) in [6.45, 7) is 0.918. The van der Waals surface area contributed by atoms with Gasteiger partial charge in [0.2, 0.25) is 0 Å². The Morgan fingerprint density at radius 3 is 2.77 bits per heavy atom. The van der Waals surface area contributed by atoms with E-state index in [2.05, 4.69) is 30.9 Å². The van der Waals surface area contributed by atoms with Gasteiger partial charge >= 0.3 is 11.1 Å². The first-order valence-corrected chi connectivity index (χ1v) is 10.5. The van der Waals surface area contributed by atoms with E-state index in [0.29, 0.717) is 23.2 Å². The summed E-state index contributed by atoms with van der Waals surface area (Å²) < 4.78 is 8.22. The zero-order valence-corrected chi connectivity index (χ0v) is 18.7. The van der Waals surface area contributed by atoms with Crippen molar-refractivity contribution in [1.29, 1.82) is 0 Å². The van der Waals surface area contributed by atoms with Crippen LogP contribution >= 0.6 is 39.1 Å². The first-order chi connectivity index (χ1) is 14.4. The Hall–Kier alpha value is -2.36. The van der Waals surface area contributed by atoms with E-state index in [1.165, 1.54) is 11.0 Å². The van der Waals surface area contributed by atoms with Crippen LogP contribution in [0.3, 0.4) is 0 Å². The molecular formula is C19H17BrCl2N4O4. The molecule has 3 aromatic rings. The molecule has 0 fully saturated rings. The van der Waals surface area contributed by atoms with Gasteiger partial charge in [-0.3, -0.25) is 4.68 Å². The number of hydrogen-bond donors (Lipinski definition) is 0. The van der Waals surface area contributed by atoms with Crippen LogP contribution in [0.1, 0.15) is 24.3 Å². The molecule has 3 rings (SSSR count). The van der Waals surface area contributed by atoms with Gasteiger partial charge in [0, 0.05) is 22.5 Å². The van der Waals surface area contributed by atoms with E-state index in [0.717, 1.165) is 28.6 Å². The molecule has 2 aromatic carbocycles. The minimum atomic E-state index is -0.952. The Kier molecular flexibility index (Phi) is 7.89. The summed E-state index contributed by atoms with van der Waals surface area (Å²) in [6, 6.07) is 12.6. The second-order valence-corrected chi connectivity index (χ2v) is 8.05. The topological polar surface area (TPSA) is 92.3 Å². The molecule has 0 spiro atoms. The van der Waals surface area contributed by atoms with E-state index in [9.17, 15) is 10.1 Å². The van der Waals surface area contributed by atoms with Crippen LogP contribution in [0.5, 0.6) is 11.8 Å². The average Bonchev–Trinajstić information content (AvgIpc) is 3.12. The van der Waals surface area contributed by atoms with Gasteiger partial charge in [-0.2, -0.15) is 4.98 Å². The van der Waals surface area contributed by atoms with E-state index in [-0.39, 0.29) is 11.9 Å². The summed E-state index contributed by atoms with van der Waals surface area (Å²) in [4.78, 5) is 18.5. The van der Waals surface area contributed by atoms with Crippen LogP contribution in [0.4, 0.5) is 0 Å². The lowest BCUT2D eigenvalue weighted by molar-refractivity contribution is -0.713. The van der Waals surface area contributed by atoms with Crippen LogP contribution in [0.2, 0.25) is 10.0 Å². The predicted molar refractivity (Wildman–Crippen MR) is 116 cm³/mol. The number of para-hydroxylation sites is 1. The molecule has 0 bridgehead atoms. The van der Waals surface area contributed by atoms with Crippen molar-refractivity contribution in [2.75, 3.05) is 6.61 Å². The van der Waals surface area contributed by atoms with Gasteiger partial charge in [-0.15, -0.1) is 15.2 Å². The summed E-state index contributed by atoms with van der Waals surface area (Å²) in [5.41, 5.74) is 0.897. The fourth-order valence-electron chi connectivity index (χ4n) is 2.95. The number of aromatic nitrogens is 3. The minimum Gasteiger partial charge on any atom is -0.492 e. The molecule has 0 radical (unpaired) electrons. The third-order valence-corrected chi connectivity index (χ3v) is 5.49. The van der Waals surface area contributed by atoms with E-state index in [1.807, 2.05) is 30.3 Å².